The van der Waals surface area contributed by atoms with E-state index in [1.165, 1.54) is 0 Å². The predicted octanol–water partition coefficient (Wildman–Crippen LogP) is 4.36. The predicted molar refractivity (Wildman–Crippen MR) is 79.1 cm³/mol. The summed E-state index contributed by atoms with van der Waals surface area (Å²) in [4.78, 5) is 0. The van der Waals surface area contributed by atoms with Gasteiger partial charge in [-0.15, -0.1) is 0 Å². The summed E-state index contributed by atoms with van der Waals surface area (Å²) in [5.74, 6) is 1.56. The van der Waals surface area contributed by atoms with Gasteiger partial charge < -0.3 is 14.9 Å². The molecule has 4 heteroatoms. The monoisotopic (exact) mass is 317 g/mol. The highest BCUT2D eigenvalue weighted by molar-refractivity contribution is 9.10. The molecule has 3 aromatic rings. The van der Waals surface area contributed by atoms with Gasteiger partial charge in [-0.25, -0.2) is 0 Å². The fourth-order valence-corrected chi connectivity index (χ4v) is 2.16. The Labute approximate surface area is 119 Å². The van der Waals surface area contributed by atoms with Gasteiger partial charge in [0.2, 0.25) is 0 Å². The van der Waals surface area contributed by atoms with Crippen LogP contribution < -0.4 is 10.5 Å². The summed E-state index contributed by atoms with van der Waals surface area (Å²) in [7, 11) is 0. The van der Waals surface area contributed by atoms with Gasteiger partial charge in [0.15, 0.2) is 0 Å². The molecule has 0 aliphatic carbocycles. The van der Waals surface area contributed by atoms with Gasteiger partial charge in [-0.3, -0.25) is 0 Å². The second kappa shape index (κ2) is 4.97. The molecule has 0 fully saturated rings. The fraction of sp³-hybridized carbons (Fsp3) is 0.0667. The Morgan fingerprint density at radius 2 is 1.89 bits per heavy atom. The zero-order chi connectivity index (χ0) is 13.2. The first-order valence-electron chi connectivity index (χ1n) is 5.87. The number of halogens is 1. The van der Waals surface area contributed by atoms with E-state index in [-0.39, 0.29) is 0 Å². The molecule has 2 N–H and O–H groups in total. The van der Waals surface area contributed by atoms with Crippen LogP contribution in [-0.2, 0) is 6.61 Å². The molecule has 0 aliphatic rings. The van der Waals surface area contributed by atoms with E-state index in [0.717, 1.165) is 32.6 Å². The maximum atomic E-state index is 5.89. The Morgan fingerprint density at radius 1 is 1.11 bits per heavy atom. The quantitative estimate of drug-likeness (QED) is 0.730. The van der Waals surface area contributed by atoms with Gasteiger partial charge >= 0.3 is 0 Å². The summed E-state index contributed by atoms with van der Waals surface area (Å²) < 4.78 is 12.4. The highest BCUT2D eigenvalue weighted by Gasteiger charge is 2.06. The molecule has 0 unspecified atom stereocenters. The average molecular weight is 318 g/mol. The minimum Gasteiger partial charge on any atom is -0.486 e. The number of anilines is 1. The smallest absolute Gasteiger partial charge is 0.146 e. The van der Waals surface area contributed by atoms with Crippen LogP contribution in [0.5, 0.6) is 5.75 Å². The maximum absolute atomic E-state index is 5.89. The van der Waals surface area contributed by atoms with Gasteiger partial charge in [0.25, 0.3) is 0 Å². The number of fused-ring (bicyclic) bond motifs is 1. The summed E-state index contributed by atoms with van der Waals surface area (Å²) in [6, 6.07) is 15.2. The largest absolute Gasteiger partial charge is 0.486 e. The molecule has 19 heavy (non-hydrogen) atoms. The van der Waals surface area contributed by atoms with Crippen molar-refractivity contribution >= 4 is 32.6 Å². The van der Waals surface area contributed by atoms with Crippen molar-refractivity contribution < 1.29 is 9.15 Å². The molecule has 0 atom stereocenters. The van der Waals surface area contributed by atoms with Crippen LogP contribution in [0.25, 0.3) is 11.0 Å². The van der Waals surface area contributed by atoms with E-state index in [1.807, 2.05) is 48.5 Å². The molecule has 0 bridgehead atoms. The Balaban J connectivity index is 1.78. The molecule has 0 spiro atoms. The lowest BCUT2D eigenvalue weighted by molar-refractivity contribution is 0.274. The molecule has 0 amide bonds. The Bertz CT molecular complexity index is 704. The summed E-state index contributed by atoms with van der Waals surface area (Å²) in [5.41, 5.74) is 7.39. The van der Waals surface area contributed by atoms with Crippen LogP contribution in [-0.4, -0.2) is 0 Å². The van der Waals surface area contributed by atoms with E-state index in [2.05, 4.69) is 15.9 Å². The fourth-order valence-electron chi connectivity index (χ4n) is 1.89. The molecular formula is C15H12BrNO2. The van der Waals surface area contributed by atoms with E-state index in [1.54, 1.807) is 0 Å². The van der Waals surface area contributed by atoms with Crippen LogP contribution in [0.1, 0.15) is 5.76 Å². The lowest BCUT2D eigenvalue weighted by atomic mass is 10.2. The summed E-state index contributed by atoms with van der Waals surface area (Å²) in [5, 5.41) is 0.928. The lowest BCUT2D eigenvalue weighted by Gasteiger charge is -2.03. The molecule has 0 saturated carbocycles. The van der Waals surface area contributed by atoms with Gasteiger partial charge in [-0.2, -0.15) is 0 Å². The van der Waals surface area contributed by atoms with Crippen molar-refractivity contribution in [3.05, 3.63) is 58.8 Å². The highest BCUT2D eigenvalue weighted by Crippen LogP contribution is 2.25. The van der Waals surface area contributed by atoms with Crippen LogP contribution in [0.15, 0.2) is 57.4 Å². The molecule has 1 aromatic heterocycles. The van der Waals surface area contributed by atoms with Crippen molar-refractivity contribution in [2.24, 2.45) is 0 Å². The molecule has 2 aromatic carbocycles. The van der Waals surface area contributed by atoms with Crippen molar-refractivity contribution in [2.75, 3.05) is 5.73 Å². The van der Waals surface area contributed by atoms with Gasteiger partial charge in [-0.05, 0) is 42.5 Å². The number of ether oxygens (including phenoxy) is 1. The van der Waals surface area contributed by atoms with E-state index in [4.69, 9.17) is 14.9 Å². The van der Waals surface area contributed by atoms with Gasteiger partial charge in [0.05, 0.1) is 0 Å². The maximum Gasteiger partial charge on any atom is 0.146 e. The number of hydrogen-bond acceptors (Lipinski definition) is 3. The lowest BCUT2D eigenvalue weighted by Crippen LogP contribution is -1.93. The molecule has 3 nitrogen and oxygen atoms in total. The third kappa shape index (κ3) is 2.58. The second-order valence-electron chi connectivity index (χ2n) is 4.21. The molecule has 0 aliphatic heterocycles. The zero-order valence-electron chi connectivity index (χ0n) is 10.1. The summed E-state index contributed by atoms with van der Waals surface area (Å²) in [6.45, 7) is 0.385. The van der Waals surface area contributed by atoms with Crippen molar-refractivity contribution in [1.29, 1.82) is 0 Å². The van der Waals surface area contributed by atoms with Crippen LogP contribution in [0, 0.1) is 0 Å². The minimum atomic E-state index is 0.385. The molecule has 0 saturated heterocycles. The molecule has 3 rings (SSSR count). The molecule has 0 radical (unpaired) electrons. The first-order valence-corrected chi connectivity index (χ1v) is 6.67. The zero-order valence-corrected chi connectivity index (χ0v) is 11.7. The molecular weight excluding hydrogens is 306 g/mol. The van der Waals surface area contributed by atoms with Crippen LogP contribution in [0.4, 0.5) is 5.69 Å². The van der Waals surface area contributed by atoms with Gasteiger partial charge in [-0.1, -0.05) is 22.0 Å². The standard InChI is InChI=1S/C15H12BrNO2/c16-10-4-6-11(7-5-10)18-9-12-8-13-14(17)2-1-3-15(13)19-12/h1-8H,9,17H2. The van der Waals surface area contributed by atoms with Crippen molar-refractivity contribution in [3.63, 3.8) is 0 Å². The average Bonchev–Trinajstić information content (AvgIpc) is 2.83. The minimum absolute atomic E-state index is 0.385. The Kier molecular flexibility index (Phi) is 3.17. The van der Waals surface area contributed by atoms with E-state index < -0.39 is 0 Å². The number of furan rings is 1. The van der Waals surface area contributed by atoms with Crippen LogP contribution in [0.3, 0.4) is 0 Å². The van der Waals surface area contributed by atoms with Gasteiger partial charge in [0, 0.05) is 15.5 Å². The van der Waals surface area contributed by atoms with Crippen molar-refractivity contribution in [1.82, 2.24) is 0 Å². The normalized spacial score (nSPS) is 10.8. The van der Waals surface area contributed by atoms with Crippen molar-refractivity contribution in [3.8, 4) is 5.75 Å². The number of nitrogens with two attached hydrogens (primary N) is 1. The summed E-state index contributed by atoms with van der Waals surface area (Å²) >= 11 is 3.38. The molecule has 1 heterocycles. The van der Waals surface area contributed by atoms with E-state index in [9.17, 15) is 0 Å². The van der Waals surface area contributed by atoms with Crippen LogP contribution in [0.2, 0.25) is 0 Å². The third-order valence-corrected chi connectivity index (χ3v) is 3.37. The SMILES string of the molecule is Nc1cccc2oc(COc3ccc(Br)cc3)cc12. The Hall–Kier alpha value is -1.94. The van der Waals surface area contributed by atoms with Crippen LogP contribution >= 0.6 is 15.9 Å². The van der Waals surface area contributed by atoms with Crippen molar-refractivity contribution in [2.45, 2.75) is 6.61 Å². The Morgan fingerprint density at radius 3 is 2.63 bits per heavy atom. The third-order valence-electron chi connectivity index (χ3n) is 2.84. The van der Waals surface area contributed by atoms with E-state index >= 15 is 0 Å². The first-order chi connectivity index (χ1) is 9.22. The number of nitrogen functional groups attached to an aromatic ring is 1. The highest BCUT2D eigenvalue weighted by atomic mass is 79.9. The topological polar surface area (TPSA) is 48.4 Å². The molecule has 96 valence electrons. The number of rotatable bonds is 3. The van der Waals surface area contributed by atoms with E-state index in [0.29, 0.717) is 6.61 Å². The first kappa shape index (κ1) is 12.1. The van der Waals surface area contributed by atoms with Gasteiger partial charge in [0.1, 0.15) is 23.7 Å². The number of hydrogen-bond donors (Lipinski definition) is 1. The number of benzene rings is 2. The summed E-state index contributed by atoms with van der Waals surface area (Å²) in [6.07, 6.45) is 0. The second-order valence-corrected chi connectivity index (χ2v) is 5.13.